The fourth-order valence-corrected chi connectivity index (χ4v) is 1.87. The summed E-state index contributed by atoms with van der Waals surface area (Å²) in [6.07, 6.45) is -0.0230. The Labute approximate surface area is 97.7 Å². The first-order valence-corrected chi connectivity index (χ1v) is 5.28. The Kier molecular flexibility index (Phi) is 2.83. The average molecular weight is 237 g/mol. The summed E-state index contributed by atoms with van der Waals surface area (Å²) in [5, 5.41) is 8.84. The smallest absolute Gasteiger partial charge is 0.308 e. The van der Waals surface area contributed by atoms with E-state index in [1.54, 1.807) is 19.1 Å². The Morgan fingerprint density at radius 3 is 2.76 bits per heavy atom. The van der Waals surface area contributed by atoms with E-state index >= 15 is 0 Å². The van der Waals surface area contributed by atoms with Crippen LogP contribution in [0, 0.1) is 18.7 Å². The summed E-state index contributed by atoms with van der Waals surface area (Å²) in [5.74, 6) is -2.37. The van der Waals surface area contributed by atoms with Crippen molar-refractivity contribution < 1.29 is 19.1 Å². The lowest BCUT2D eigenvalue weighted by Crippen LogP contribution is -2.25. The number of amides is 1. The first-order valence-electron chi connectivity index (χ1n) is 5.28. The van der Waals surface area contributed by atoms with E-state index in [2.05, 4.69) is 0 Å². The van der Waals surface area contributed by atoms with Crippen LogP contribution in [-0.2, 0) is 9.59 Å². The Morgan fingerprint density at radius 1 is 1.53 bits per heavy atom. The van der Waals surface area contributed by atoms with Gasteiger partial charge in [-0.15, -0.1) is 0 Å². The summed E-state index contributed by atoms with van der Waals surface area (Å²) in [4.78, 5) is 23.7. The minimum Gasteiger partial charge on any atom is -0.481 e. The van der Waals surface area contributed by atoms with E-state index in [1.165, 1.54) is 11.0 Å². The number of hydrogen-bond acceptors (Lipinski definition) is 2. The van der Waals surface area contributed by atoms with Crippen LogP contribution < -0.4 is 4.90 Å². The SMILES string of the molecule is Cc1ccc(N2C[C@H](C(=O)O)CC2=O)cc1F. The van der Waals surface area contributed by atoms with Crippen molar-refractivity contribution in [1.82, 2.24) is 0 Å². The van der Waals surface area contributed by atoms with E-state index < -0.39 is 17.7 Å². The molecule has 5 heteroatoms. The zero-order valence-corrected chi connectivity index (χ0v) is 9.31. The number of aliphatic carboxylic acids is 1. The van der Waals surface area contributed by atoms with Crippen molar-refractivity contribution in [2.75, 3.05) is 11.4 Å². The number of aryl methyl sites for hydroxylation is 1. The molecule has 1 aliphatic heterocycles. The maximum atomic E-state index is 13.4. The fourth-order valence-electron chi connectivity index (χ4n) is 1.87. The molecule has 90 valence electrons. The van der Waals surface area contributed by atoms with Crippen LogP contribution in [0.15, 0.2) is 18.2 Å². The number of carbonyl (C=O) groups excluding carboxylic acids is 1. The molecule has 1 fully saturated rings. The van der Waals surface area contributed by atoms with Gasteiger partial charge in [-0.1, -0.05) is 6.07 Å². The van der Waals surface area contributed by atoms with Crippen LogP contribution in [0.1, 0.15) is 12.0 Å². The molecule has 0 bridgehead atoms. The number of halogens is 1. The number of hydrogen-bond donors (Lipinski definition) is 1. The molecule has 1 atom stereocenters. The number of carbonyl (C=O) groups is 2. The largest absolute Gasteiger partial charge is 0.481 e. The van der Waals surface area contributed by atoms with Gasteiger partial charge in [0.15, 0.2) is 0 Å². The van der Waals surface area contributed by atoms with E-state index in [0.717, 1.165) is 0 Å². The molecule has 1 N–H and O–H groups in total. The monoisotopic (exact) mass is 237 g/mol. The standard InChI is InChI=1S/C12H12FNO3/c1-7-2-3-9(5-10(7)13)14-6-8(12(16)17)4-11(14)15/h2-3,5,8H,4,6H2,1H3,(H,16,17)/t8-/m1/s1. The lowest BCUT2D eigenvalue weighted by molar-refractivity contribution is -0.141. The first kappa shape index (κ1) is 11.6. The summed E-state index contributed by atoms with van der Waals surface area (Å²) in [5.41, 5.74) is 0.914. The molecular weight excluding hydrogens is 225 g/mol. The molecule has 1 saturated heterocycles. The van der Waals surface area contributed by atoms with E-state index in [1.807, 2.05) is 0 Å². The van der Waals surface area contributed by atoms with Crippen molar-refractivity contribution in [1.29, 1.82) is 0 Å². The molecule has 0 aliphatic carbocycles. The van der Waals surface area contributed by atoms with Gasteiger partial charge < -0.3 is 10.0 Å². The Hall–Kier alpha value is -1.91. The van der Waals surface area contributed by atoms with Gasteiger partial charge in [-0.2, -0.15) is 0 Å². The highest BCUT2D eigenvalue weighted by molar-refractivity contribution is 5.99. The molecule has 1 aromatic rings. The van der Waals surface area contributed by atoms with Gasteiger partial charge in [0.2, 0.25) is 5.91 Å². The molecule has 1 heterocycles. The lowest BCUT2D eigenvalue weighted by Gasteiger charge is -2.16. The van der Waals surface area contributed by atoms with E-state index in [-0.39, 0.29) is 18.9 Å². The van der Waals surface area contributed by atoms with Crippen LogP contribution >= 0.6 is 0 Å². The lowest BCUT2D eigenvalue weighted by atomic mass is 10.1. The zero-order chi connectivity index (χ0) is 12.6. The highest BCUT2D eigenvalue weighted by atomic mass is 19.1. The topological polar surface area (TPSA) is 57.6 Å². The van der Waals surface area contributed by atoms with Crippen LogP contribution in [-0.4, -0.2) is 23.5 Å². The summed E-state index contributed by atoms with van der Waals surface area (Å²) in [6.45, 7) is 1.74. The van der Waals surface area contributed by atoms with Crippen molar-refractivity contribution in [3.05, 3.63) is 29.6 Å². The van der Waals surface area contributed by atoms with E-state index in [9.17, 15) is 14.0 Å². The van der Waals surface area contributed by atoms with Gasteiger partial charge in [0.25, 0.3) is 0 Å². The molecule has 0 spiro atoms. The molecular formula is C12H12FNO3. The minimum atomic E-state index is -0.992. The van der Waals surface area contributed by atoms with Gasteiger partial charge in [0.1, 0.15) is 5.82 Å². The molecule has 0 aromatic heterocycles. The van der Waals surface area contributed by atoms with Gasteiger partial charge >= 0.3 is 5.97 Å². The van der Waals surface area contributed by atoms with Crippen molar-refractivity contribution in [2.45, 2.75) is 13.3 Å². The van der Waals surface area contributed by atoms with Gasteiger partial charge in [0, 0.05) is 18.7 Å². The number of nitrogens with zero attached hydrogens (tertiary/aromatic N) is 1. The van der Waals surface area contributed by atoms with Crippen LogP contribution in [0.25, 0.3) is 0 Å². The molecule has 0 unspecified atom stereocenters. The molecule has 0 radical (unpaired) electrons. The second-order valence-corrected chi connectivity index (χ2v) is 4.18. The second kappa shape index (κ2) is 4.16. The summed E-state index contributed by atoms with van der Waals surface area (Å²) < 4.78 is 13.4. The molecule has 2 rings (SSSR count). The van der Waals surface area contributed by atoms with Crippen LogP contribution in [0.5, 0.6) is 0 Å². The molecule has 1 aromatic carbocycles. The normalized spacial score (nSPS) is 19.8. The number of benzene rings is 1. The predicted octanol–water partition coefficient (Wildman–Crippen LogP) is 1.57. The highest BCUT2D eigenvalue weighted by Crippen LogP contribution is 2.26. The van der Waals surface area contributed by atoms with Gasteiger partial charge in [-0.25, -0.2) is 4.39 Å². The Morgan fingerprint density at radius 2 is 2.24 bits per heavy atom. The molecule has 1 aliphatic rings. The number of carboxylic acids is 1. The van der Waals surface area contributed by atoms with Crippen LogP contribution in [0.3, 0.4) is 0 Å². The minimum absolute atomic E-state index is 0.0230. The van der Waals surface area contributed by atoms with E-state index in [4.69, 9.17) is 5.11 Å². The third-order valence-corrected chi connectivity index (χ3v) is 2.94. The highest BCUT2D eigenvalue weighted by Gasteiger charge is 2.35. The third kappa shape index (κ3) is 2.13. The number of carboxylic acid groups (broad SMARTS) is 1. The Bertz CT molecular complexity index is 487. The van der Waals surface area contributed by atoms with E-state index in [0.29, 0.717) is 11.3 Å². The quantitative estimate of drug-likeness (QED) is 0.849. The summed E-state index contributed by atoms with van der Waals surface area (Å²) >= 11 is 0. The Balaban J connectivity index is 2.26. The maximum absolute atomic E-state index is 13.4. The third-order valence-electron chi connectivity index (χ3n) is 2.94. The fraction of sp³-hybridized carbons (Fsp3) is 0.333. The van der Waals surface area contributed by atoms with Crippen LogP contribution in [0.4, 0.5) is 10.1 Å². The summed E-state index contributed by atoms with van der Waals surface area (Å²) in [7, 11) is 0. The van der Waals surface area contributed by atoms with Crippen molar-refractivity contribution in [3.8, 4) is 0 Å². The first-order chi connectivity index (χ1) is 7.99. The molecule has 1 amide bonds. The maximum Gasteiger partial charge on any atom is 0.308 e. The van der Waals surface area contributed by atoms with Gasteiger partial charge in [0.05, 0.1) is 5.92 Å². The zero-order valence-electron chi connectivity index (χ0n) is 9.31. The van der Waals surface area contributed by atoms with Crippen LogP contribution in [0.2, 0.25) is 0 Å². The van der Waals surface area contributed by atoms with Gasteiger partial charge in [-0.05, 0) is 24.6 Å². The molecule has 17 heavy (non-hydrogen) atoms. The van der Waals surface area contributed by atoms with Gasteiger partial charge in [-0.3, -0.25) is 9.59 Å². The average Bonchev–Trinajstić information content (AvgIpc) is 2.65. The predicted molar refractivity (Wildman–Crippen MR) is 59.2 cm³/mol. The van der Waals surface area contributed by atoms with Crippen molar-refractivity contribution in [3.63, 3.8) is 0 Å². The summed E-state index contributed by atoms with van der Waals surface area (Å²) in [6, 6.07) is 4.46. The number of rotatable bonds is 2. The number of anilines is 1. The molecule has 0 saturated carbocycles. The van der Waals surface area contributed by atoms with Crippen molar-refractivity contribution >= 4 is 17.6 Å². The molecule has 4 nitrogen and oxygen atoms in total. The second-order valence-electron chi connectivity index (χ2n) is 4.18. The van der Waals surface area contributed by atoms with Crippen molar-refractivity contribution in [2.24, 2.45) is 5.92 Å².